The van der Waals surface area contributed by atoms with Crippen LogP contribution in [0, 0.1) is 0 Å². The molecule has 0 saturated carbocycles. The highest BCUT2D eigenvalue weighted by Gasteiger charge is 1.81. The molecular weight excluding hydrogens is 66.0 g/mol. The van der Waals surface area contributed by atoms with Gasteiger partial charge in [0.15, 0.2) is 0 Å². The maximum atomic E-state index is 6.15. The monoisotopic (exact) mass is 76.1 g/mol. The summed E-state index contributed by atoms with van der Waals surface area (Å²) >= 11 is 0. The van der Waals surface area contributed by atoms with Gasteiger partial charge in [-0.15, -0.1) is 0 Å². The lowest BCUT2D eigenvalue weighted by atomic mass is 10.4. The zero-order chi connectivity index (χ0) is 4.99. The highest BCUT2D eigenvalue weighted by molar-refractivity contribution is 4.43. The van der Waals surface area contributed by atoms with E-state index in [0.29, 0.717) is 6.61 Å². The van der Waals surface area contributed by atoms with Gasteiger partial charge < -0.3 is 10.8 Å². The van der Waals surface area contributed by atoms with Crippen molar-refractivity contribution in [3.63, 3.8) is 0 Å². The molecule has 0 aliphatic heterocycles. The summed E-state index contributed by atoms with van der Waals surface area (Å²) in [6.45, 7) is 2.11. The molecule has 0 aliphatic carbocycles. The Bertz CT molecular complexity index is 32.0. The number of hydrogen-bond acceptors (Lipinski definition) is 2. The lowest BCUT2D eigenvalue weighted by Gasteiger charge is -1.91. The third-order valence-electron chi connectivity index (χ3n) is 0.263. The van der Waals surface area contributed by atoms with Crippen LogP contribution in [0.4, 0.5) is 0 Å². The van der Waals surface area contributed by atoms with Crippen LogP contribution in [-0.4, -0.2) is 19.2 Å². The highest BCUT2D eigenvalue weighted by Crippen LogP contribution is 1.62. The van der Waals surface area contributed by atoms with Crippen molar-refractivity contribution >= 4 is 0 Å². The van der Waals surface area contributed by atoms with Crippen LogP contribution in [0.2, 0.25) is 0 Å². The molecule has 1 atom stereocenters. The maximum Gasteiger partial charge on any atom is 0.210 e. The first-order valence-electron chi connectivity index (χ1n) is 2.02. The Kier molecular flexibility index (Phi) is 1.36. The van der Waals surface area contributed by atoms with E-state index in [-0.39, 0.29) is 6.04 Å². The van der Waals surface area contributed by atoms with Gasteiger partial charge in [0, 0.05) is 6.04 Å². The van der Waals surface area contributed by atoms with Crippen molar-refractivity contribution in [1.29, 1.82) is 1.43 Å². The molecule has 0 bridgehead atoms. The molecule has 1 unspecified atom stereocenters. The second-order valence-corrected chi connectivity index (χ2v) is 1.14. The van der Waals surface area contributed by atoms with Crippen molar-refractivity contribution in [2.75, 3.05) is 6.61 Å². The summed E-state index contributed by atoms with van der Waals surface area (Å²) in [5.74, 6) is 0. The van der Waals surface area contributed by atoms with E-state index in [1.807, 2.05) is 0 Å². The largest absolute Gasteiger partial charge is 0.395 e. The highest BCUT2D eigenvalue weighted by atomic mass is 16.3. The number of nitrogens with two attached hydrogens (primary N) is 1. The first-order valence-corrected chi connectivity index (χ1v) is 1.61. The minimum Gasteiger partial charge on any atom is -0.395 e. The molecule has 0 heterocycles. The fourth-order valence-electron chi connectivity index (χ4n) is 0. The molecule has 0 aromatic heterocycles. The molecule has 0 rings (SSSR count). The van der Waals surface area contributed by atoms with Gasteiger partial charge in [0.05, 0.1) is 6.61 Å². The molecule has 5 heavy (non-hydrogen) atoms. The molecule has 0 aliphatic rings. The van der Waals surface area contributed by atoms with Crippen molar-refractivity contribution in [2.24, 2.45) is 5.73 Å². The van der Waals surface area contributed by atoms with Gasteiger partial charge in [-0.25, -0.2) is 0 Å². The Morgan fingerprint density at radius 2 is 3.00 bits per heavy atom. The molecule has 32 valence electrons. The molecule has 0 fully saturated rings. The minimum absolute atomic E-state index is 0.0116. The van der Waals surface area contributed by atoms with E-state index in [9.17, 15) is 0 Å². The summed E-state index contributed by atoms with van der Waals surface area (Å²) in [6, 6.07) is -0.0116. The summed E-state index contributed by atoms with van der Waals surface area (Å²) < 4.78 is 6.15. The average Bonchev–Trinajstić information content (AvgIpc) is 1.35. The summed E-state index contributed by atoms with van der Waals surface area (Å²) in [7, 11) is 0. The SMILES string of the molecule is [2H]OCC(C)N. The summed E-state index contributed by atoms with van der Waals surface area (Å²) in [6.07, 6.45) is 0. The van der Waals surface area contributed by atoms with Gasteiger partial charge in [0.25, 0.3) is 0 Å². The second kappa shape index (κ2) is 2.18. The molecule has 0 amide bonds. The van der Waals surface area contributed by atoms with Gasteiger partial charge in [0.1, 0.15) is 0 Å². The zero-order valence-corrected chi connectivity index (χ0v) is 3.27. The fourth-order valence-corrected chi connectivity index (χ4v) is 0. The molecule has 0 aromatic carbocycles. The quantitative estimate of drug-likeness (QED) is 0.458. The van der Waals surface area contributed by atoms with E-state index < -0.39 is 0 Å². The summed E-state index contributed by atoms with van der Waals surface area (Å²) in [5, 5.41) is 3.93. The molecular formula is C3H9NO. The van der Waals surface area contributed by atoms with Gasteiger partial charge in [0.2, 0.25) is 1.43 Å². The van der Waals surface area contributed by atoms with Gasteiger partial charge in [-0.05, 0) is 6.92 Å². The van der Waals surface area contributed by atoms with Crippen LogP contribution in [0.1, 0.15) is 6.92 Å². The number of rotatable bonds is 2. The smallest absolute Gasteiger partial charge is 0.210 e. The number of hydrogen-bond donors (Lipinski definition) is 2. The Morgan fingerprint density at radius 3 is 3.00 bits per heavy atom. The van der Waals surface area contributed by atoms with Crippen LogP contribution < -0.4 is 5.73 Å². The lowest BCUT2D eigenvalue weighted by Crippen LogP contribution is -2.18. The first-order chi connectivity index (χ1) is 2.77. The molecule has 2 nitrogen and oxygen atoms in total. The van der Waals surface area contributed by atoms with E-state index in [0.717, 1.165) is 0 Å². The maximum absolute atomic E-state index is 6.15. The van der Waals surface area contributed by atoms with Crippen LogP contribution in [0.5, 0.6) is 0 Å². The Labute approximate surface area is 33.1 Å². The standard InChI is InChI=1S/C3H9NO/c1-3(4)2-5/h3,5H,2,4H2,1H3/i5D. The fraction of sp³-hybridized carbons (Fsp3) is 1.00. The lowest BCUT2D eigenvalue weighted by molar-refractivity contribution is 0.273. The topological polar surface area (TPSA) is 46.2 Å². The Balaban J connectivity index is 2.63. The van der Waals surface area contributed by atoms with Crippen LogP contribution in [-0.2, 0) is 0 Å². The molecule has 0 radical (unpaired) electrons. The molecule has 0 saturated heterocycles. The van der Waals surface area contributed by atoms with Crippen LogP contribution in [0.25, 0.3) is 0 Å². The minimum atomic E-state index is -0.0116. The van der Waals surface area contributed by atoms with E-state index in [1.165, 1.54) is 0 Å². The van der Waals surface area contributed by atoms with E-state index in [4.69, 9.17) is 7.16 Å². The third-order valence-corrected chi connectivity index (χ3v) is 0.263. The zero-order valence-electron chi connectivity index (χ0n) is 4.27. The third kappa shape index (κ3) is 3.92. The molecule has 0 aromatic rings. The van der Waals surface area contributed by atoms with Crippen molar-refractivity contribution < 1.29 is 5.11 Å². The van der Waals surface area contributed by atoms with E-state index in [1.54, 1.807) is 6.92 Å². The second-order valence-electron chi connectivity index (χ2n) is 1.14. The Hall–Kier alpha value is -0.0800. The van der Waals surface area contributed by atoms with Crippen molar-refractivity contribution in [1.82, 2.24) is 0 Å². The normalized spacial score (nSPS) is 17.6. The van der Waals surface area contributed by atoms with Crippen LogP contribution in [0.3, 0.4) is 0 Å². The van der Waals surface area contributed by atoms with Crippen LogP contribution in [0.15, 0.2) is 0 Å². The van der Waals surface area contributed by atoms with Gasteiger partial charge >= 0.3 is 0 Å². The van der Waals surface area contributed by atoms with E-state index in [2.05, 4.69) is 5.11 Å². The predicted molar refractivity (Wildman–Crippen MR) is 20.7 cm³/mol. The molecule has 2 heteroatoms. The van der Waals surface area contributed by atoms with Gasteiger partial charge in [-0.1, -0.05) is 0 Å². The predicted octanol–water partition coefficient (Wildman–Crippen LogP) is -0.674. The van der Waals surface area contributed by atoms with Gasteiger partial charge in [-0.3, -0.25) is 0 Å². The van der Waals surface area contributed by atoms with E-state index >= 15 is 0 Å². The Morgan fingerprint density at radius 1 is 2.40 bits per heavy atom. The average molecular weight is 76.1 g/mol. The molecule has 3 N–H and O–H groups in total. The van der Waals surface area contributed by atoms with Crippen molar-refractivity contribution in [3.05, 3.63) is 0 Å². The van der Waals surface area contributed by atoms with Crippen LogP contribution >= 0.6 is 0 Å². The summed E-state index contributed by atoms with van der Waals surface area (Å²) in [5.41, 5.74) is 5.16. The molecule has 0 spiro atoms. The number of aliphatic hydroxyl groups is 1. The van der Waals surface area contributed by atoms with Crippen molar-refractivity contribution in [2.45, 2.75) is 13.0 Å². The first kappa shape index (κ1) is 3.12. The van der Waals surface area contributed by atoms with Gasteiger partial charge in [-0.2, -0.15) is 0 Å². The summed E-state index contributed by atoms with van der Waals surface area (Å²) in [4.78, 5) is 0. The number of aliphatic hydroxyl groups excluding tert-OH is 1. The van der Waals surface area contributed by atoms with Crippen molar-refractivity contribution in [3.8, 4) is 0 Å².